The predicted molar refractivity (Wildman–Crippen MR) is 111 cm³/mol. The third kappa shape index (κ3) is 3.75. The van der Waals surface area contributed by atoms with Gasteiger partial charge in [-0.2, -0.15) is 5.26 Å². The number of hydrogen-bond acceptors (Lipinski definition) is 4. The lowest BCUT2D eigenvalue weighted by Gasteiger charge is -2.11. The van der Waals surface area contributed by atoms with Crippen LogP contribution >= 0.6 is 0 Å². The predicted octanol–water partition coefficient (Wildman–Crippen LogP) is 3.57. The van der Waals surface area contributed by atoms with Crippen LogP contribution in [0.25, 0.3) is 10.9 Å². The van der Waals surface area contributed by atoms with Crippen LogP contribution in [0.1, 0.15) is 21.7 Å². The van der Waals surface area contributed by atoms with Crippen molar-refractivity contribution in [2.45, 2.75) is 6.54 Å². The largest absolute Gasteiger partial charge is 0.322 e. The zero-order chi connectivity index (χ0) is 20.2. The van der Waals surface area contributed by atoms with Gasteiger partial charge in [-0.25, -0.2) is 4.98 Å². The van der Waals surface area contributed by atoms with Crippen molar-refractivity contribution in [2.75, 3.05) is 5.32 Å². The summed E-state index contributed by atoms with van der Waals surface area (Å²) in [5, 5.41) is 12.6. The van der Waals surface area contributed by atoms with Gasteiger partial charge in [0.15, 0.2) is 0 Å². The van der Waals surface area contributed by atoms with E-state index < -0.39 is 0 Å². The summed E-state index contributed by atoms with van der Waals surface area (Å²) in [6.45, 7) is 0.242. The van der Waals surface area contributed by atoms with Crippen molar-refractivity contribution in [1.82, 2.24) is 9.55 Å². The fourth-order valence-corrected chi connectivity index (χ4v) is 3.09. The lowest BCUT2D eigenvalue weighted by atomic mass is 10.1. The number of benzene rings is 3. The molecule has 6 nitrogen and oxygen atoms in total. The van der Waals surface area contributed by atoms with E-state index in [-0.39, 0.29) is 23.8 Å². The maximum atomic E-state index is 13.1. The first-order chi connectivity index (χ1) is 14.2. The number of amides is 1. The van der Waals surface area contributed by atoms with E-state index in [1.807, 2.05) is 42.5 Å². The van der Waals surface area contributed by atoms with E-state index in [0.29, 0.717) is 22.2 Å². The second-order valence-electron chi connectivity index (χ2n) is 6.48. The van der Waals surface area contributed by atoms with Crippen LogP contribution in [0.5, 0.6) is 0 Å². The molecule has 0 saturated carbocycles. The maximum absolute atomic E-state index is 13.1. The molecule has 6 heteroatoms. The van der Waals surface area contributed by atoms with Crippen LogP contribution in [0.4, 0.5) is 5.69 Å². The van der Waals surface area contributed by atoms with Crippen LogP contribution in [0.2, 0.25) is 0 Å². The number of nitrogens with one attached hydrogen (secondary N) is 1. The van der Waals surface area contributed by atoms with Gasteiger partial charge in [0.2, 0.25) is 5.82 Å². The average molecular weight is 380 g/mol. The molecule has 1 heterocycles. The minimum atomic E-state index is -0.328. The van der Waals surface area contributed by atoms with Gasteiger partial charge in [-0.05, 0) is 35.9 Å². The molecule has 29 heavy (non-hydrogen) atoms. The molecule has 3 aromatic carbocycles. The molecule has 0 aliphatic rings. The summed E-state index contributed by atoms with van der Waals surface area (Å²) in [6, 6.07) is 25.1. The van der Waals surface area contributed by atoms with Crippen molar-refractivity contribution in [3.05, 3.63) is 106 Å². The van der Waals surface area contributed by atoms with E-state index >= 15 is 0 Å². The topological polar surface area (TPSA) is 87.8 Å². The highest BCUT2D eigenvalue weighted by atomic mass is 16.1. The molecule has 140 valence electrons. The standard InChI is InChI=1S/C23H16N4O2/c24-14-21-26-20-12-11-18(25-22(28)17-9-5-2-6-10-17)13-19(20)23(29)27(21)15-16-7-3-1-4-8-16/h1-13H,15H2,(H,25,28). The van der Waals surface area contributed by atoms with Crippen LogP contribution in [-0.4, -0.2) is 15.5 Å². The Labute approximate surface area is 166 Å². The Kier molecular flexibility index (Phi) is 4.87. The van der Waals surface area contributed by atoms with E-state index in [9.17, 15) is 14.9 Å². The fourth-order valence-electron chi connectivity index (χ4n) is 3.09. The lowest BCUT2D eigenvalue weighted by molar-refractivity contribution is 0.102. The smallest absolute Gasteiger partial charge is 0.262 e. The molecular weight excluding hydrogens is 364 g/mol. The minimum absolute atomic E-state index is 0.0485. The maximum Gasteiger partial charge on any atom is 0.262 e. The van der Waals surface area contributed by atoms with Gasteiger partial charge < -0.3 is 5.32 Å². The number of nitrogens with zero attached hydrogens (tertiary/aromatic N) is 3. The first-order valence-electron chi connectivity index (χ1n) is 9.01. The van der Waals surface area contributed by atoms with Gasteiger partial charge in [0.25, 0.3) is 11.5 Å². The van der Waals surface area contributed by atoms with Crippen molar-refractivity contribution in [3.8, 4) is 6.07 Å². The van der Waals surface area contributed by atoms with Crippen LogP contribution in [-0.2, 0) is 6.54 Å². The van der Waals surface area contributed by atoms with Gasteiger partial charge in [-0.3, -0.25) is 14.2 Å². The molecule has 0 unspecified atom stereocenters. The van der Waals surface area contributed by atoms with Crippen molar-refractivity contribution in [1.29, 1.82) is 5.26 Å². The third-order valence-corrected chi connectivity index (χ3v) is 4.53. The van der Waals surface area contributed by atoms with Crippen molar-refractivity contribution < 1.29 is 4.79 Å². The van der Waals surface area contributed by atoms with Gasteiger partial charge in [-0.15, -0.1) is 0 Å². The fraction of sp³-hybridized carbons (Fsp3) is 0.0435. The summed E-state index contributed by atoms with van der Waals surface area (Å²) in [5.41, 5.74) is 1.98. The molecule has 4 aromatic rings. The molecule has 1 N–H and O–H groups in total. The van der Waals surface area contributed by atoms with Crippen LogP contribution < -0.4 is 10.9 Å². The van der Waals surface area contributed by atoms with Crippen LogP contribution in [0.3, 0.4) is 0 Å². The van der Waals surface area contributed by atoms with E-state index in [1.165, 1.54) is 4.57 Å². The van der Waals surface area contributed by atoms with Gasteiger partial charge >= 0.3 is 0 Å². The SMILES string of the molecule is N#Cc1nc2ccc(NC(=O)c3ccccc3)cc2c(=O)n1Cc1ccccc1. The third-order valence-electron chi connectivity index (χ3n) is 4.53. The number of hydrogen-bond donors (Lipinski definition) is 1. The van der Waals surface area contributed by atoms with Crippen molar-refractivity contribution in [2.24, 2.45) is 0 Å². The van der Waals surface area contributed by atoms with Gasteiger partial charge in [0.05, 0.1) is 17.4 Å². The Hall–Kier alpha value is -4.24. The summed E-state index contributed by atoms with van der Waals surface area (Å²) in [4.78, 5) is 29.8. The van der Waals surface area contributed by atoms with Gasteiger partial charge in [0, 0.05) is 11.3 Å². The Morgan fingerprint density at radius 3 is 2.38 bits per heavy atom. The number of carbonyl (C=O) groups is 1. The molecule has 1 aromatic heterocycles. The molecule has 4 rings (SSSR count). The van der Waals surface area contributed by atoms with E-state index in [1.54, 1.807) is 42.5 Å². The Bertz CT molecular complexity index is 1290. The first-order valence-corrected chi connectivity index (χ1v) is 9.01. The van der Waals surface area contributed by atoms with E-state index in [0.717, 1.165) is 5.56 Å². The molecular formula is C23H16N4O2. The van der Waals surface area contributed by atoms with E-state index in [2.05, 4.69) is 10.3 Å². The number of carbonyl (C=O) groups excluding carboxylic acids is 1. The molecule has 0 bridgehead atoms. The number of rotatable bonds is 4. The quantitative estimate of drug-likeness (QED) is 0.586. The summed E-state index contributed by atoms with van der Waals surface area (Å²) < 4.78 is 1.35. The molecule has 1 amide bonds. The monoisotopic (exact) mass is 380 g/mol. The molecule has 0 spiro atoms. The normalized spacial score (nSPS) is 10.4. The molecule has 0 atom stereocenters. The van der Waals surface area contributed by atoms with Crippen molar-refractivity contribution >= 4 is 22.5 Å². The molecule has 0 saturated heterocycles. The molecule has 0 aliphatic heterocycles. The highest BCUT2D eigenvalue weighted by molar-refractivity contribution is 6.05. The highest BCUT2D eigenvalue weighted by Gasteiger charge is 2.13. The average Bonchev–Trinajstić information content (AvgIpc) is 2.77. The number of fused-ring (bicyclic) bond motifs is 1. The summed E-state index contributed by atoms with van der Waals surface area (Å²) in [7, 11) is 0. The summed E-state index contributed by atoms with van der Waals surface area (Å²) in [5.74, 6) is -0.219. The number of nitriles is 1. The Balaban J connectivity index is 1.74. The summed E-state index contributed by atoms with van der Waals surface area (Å²) in [6.07, 6.45) is 0. The summed E-state index contributed by atoms with van der Waals surface area (Å²) >= 11 is 0. The number of anilines is 1. The second-order valence-corrected chi connectivity index (χ2v) is 6.48. The minimum Gasteiger partial charge on any atom is -0.322 e. The highest BCUT2D eigenvalue weighted by Crippen LogP contribution is 2.17. The molecule has 0 aliphatic carbocycles. The Morgan fingerprint density at radius 1 is 1.00 bits per heavy atom. The van der Waals surface area contributed by atoms with Crippen LogP contribution in [0.15, 0.2) is 83.7 Å². The number of aromatic nitrogens is 2. The van der Waals surface area contributed by atoms with Gasteiger partial charge in [-0.1, -0.05) is 48.5 Å². The van der Waals surface area contributed by atoms with Crippen molar-refractivity contribution in [3.63, 3.8) is 0 Å². The van der Waals surface area contributed by atoms with Crippen LogP contribution in [0, 0.1) is 11.3 Å². The van der Waals surface area contributed by atoms with Gasteiger partial charge in [0.1, 0.15) is 6.07 Å². The second kappa shape index (κ2) is 7.79. The first kappa shape index (κ1) is 18.1. The molecule has 0 radical (unpaired) electrons. The zero-order valence-corrected chi connectivity index (χ0v) is 15.4. The lowest BCUT2D eigenvalue weighted by Crippen LogP contribution is -2.25. The molecule has 0 fully saturated rings. The Morgan fingerprint density at radius 2 is 1.69 bits per heavy atom. The zero-order valence-electron chi connectivity index (χ0n) is 15.4. The van der Waals surface area contributed by atoms with E-state index in [4.69, 9.17) is 0 Å².